The summed E-state index contributed by atoms with van der Waals surface area (Å²) in [6.07, 6.45) is 3.76. The van der Waals surface area contributed by atoms with Crippen LogP contribution >= 0.6 is 0 Å². The summed E-state index contributed by atoms with van der Waals surface area (Å²) < 4.78 is 6.02. The van der Waals surface area contributed by atoms with E-state index in [1.807, 2.05) is 0 Å². The zero-order chi connectivity index (χ0) is 10.9. The lowest BCUT2D eigenvalue weighted by Gasteiger charge is -2.35. The fourth-order valence-corrected chi connectivity index (χ4v) is 3.29. The smallest absolute Gasteiger partial charge is 0.0723 e. The molecule has 1 fully saturated rings. The van der Waals surface area contributed by atoms with Gasteiger partial charge >= 0.3 is 0 Å². The highest BCUT2D eigenvalue weighted by Gasteiger charge is 2.29. The maximum Gasteiger partial charge on any atom is 0.0723 e. The van der Waals surface area contributed by atoms with Gasteiger partial charge in [0.2, 0.25) is 0 Å². The molecule has 2 heteroatoms. The summed E-state index contributed by atoms with van der Waals surface area (Å²) >= 11 is 0. The van der Waals surface area contributed by atoms with Crippen molar-refractivity contribution in [1.29, 1.82) is 0 Å². The Morgan fingerprint density at radius 1 is 1.13 bits per heavy atom. The molecule has 0 amide bonds. The van der Waals surface area contributed by atoms with Gasteiger partial charge in [0.05, 0.1) is 5.22 Å². The Bertz CT molecular complexity index is 333. The molecule has 1 nitrogen and oxygen atoms in total. The molecule has 1 aromatic carbocycles. The molecule has 15 heavy (non-hydrogen) atoms. The van der Waals surface area contributed by atoms with Gasteiger partial charge in [-0.15, -0.1) is 0 Å². The van der Waals surface area contributed by atoms with Crippen molar-refractivity contribution in [3.8, 4) is 0 Å². The average molecular weight is 220 g/mol. The Labute approximate surface area is 95.3 Å². The Hall–Kier alpha value is -0.603. The van der Waals surface area contributed by atoms with Crippen LogP contribution in [0.4, 0.5) is 0 Å². The number of aryl methyl sites for hydroxylation is 2. The topological polar surface area (TPSA) is 9.23 Å². The number of hydrogen-bond acceptors (Lipinski definition) is 1. The van der Waals surface area contributed by atoms with Gasteiger partial charge in [-0.05, 0) is 38.7 Å². The van der Waals surface area contributed by atoms with Gasteiger partial charge in [0.25, 0.3) is 0 Å². The molecule has 1 unspecified atom stereocenters. The fourth-order valence-electron chi connectivity index (χ4n) is 2.44. The number of rotatable bonds is 1. The van der Waals surface area contributed by atoms with E-state index < -0.39 is 0 Å². The zero-order valence-corrected chi connectivity index (χ0v) is 12.0. The summed E-state index contributed by atoms with van der Waals surface area (Å²) in [5.74, 6) is 0. The molecule has 1 atom stereocenters. The first-order valence-corrected chi connectivity index (χ1v) is 6.83. The quantitative estimate of drug-likeness (QED) is 0.658. The van der Waals surface area contributed by atoms with Gasteiger partial charge < -0.3 is 4.74 Å². The minimum atomic E-state index is 0.0923. The lowest BCUT2D eigenvalue weighted by Crippen LogP contribution is -2.34. The van der Waals surface area contributed by atoms with Gasteiger partial charge in [-0.25, -0.2) is 0 Å². The highest BCUT2D eigenvalue weighted by molar-refractivity contribution is 6.14. The van der Waals surface area contributed by atoms with Crippen LogP contribution in [-0.2, 0) is 9.96 Å². The minimum Gasteiger partial charge on any atom is -0.375 e. The SMILES string of the molecule is Cc1cc(C)cc(C2([SiH3])CCCCO2)c1. The Kier molecular flexibility index (Phi) is 2.98. The third-order valence-corrected chi connectivity index (χ3v) is 4.67. The number of hydrogen-bond donors (Lipinski definition) is 0. The van der Waals surface area contributed by atoms with Crippen LogP contribution < -0.4 is 0 Å². The van der Waals surface area contributed by atoms with E-state index in [9.17, 15) is 0 Å². The van der Waals surface area contributed by atoms with Crippen molar-refractivity contribution in [3.63, 3.8) is 0 Å². The Balaban J connectivity index is 2.34. The first-order valence-electron chi connectivity index (χ1n) is 5.83. The van der Waals surface area contributed by atoms with E-state index in [2.05, 4.69) is 32.0 Å². The molecule has 1 aromatic rings. The molecule has 0 bridgehead atoms. The number of ether oxygens (including phenoxy) is 1. The predicted octanol–water partition coefficient (Wildman–Crippen LogP) is 2.02. The molecule has 1 aliphatic heterocycles. The minimum absolute atomic E-state index is 0.0923. The highest BCUT2D eigenvalue weighted by atomic mass is 28.1. The molecule has 0 radical (unpaired) electrons. The predicted molar refractivity (Wildman–Crippen MR) is 67.3 cm³/mol. The van der Waals surface area contributed by atoms with Crippen LogP contribution in [0, 0.1) is 13.8 Å². The van der Waals surface area contributed by atoms with Gasteiger partial charge in [0, 0.05) is 16.8 Å². The molecule has 1 aliphatic rings. The normalized spacial score (nSPS) is 26.8. The van der Waals surface area contributed by atoms with Crippen LogP contribution in [0.1, 0.15) is 36.0 Å². The zero-order valence-electron chi connectivity index (χ0n) is 9.97. The fraction of sp³-hybridized carbons (Fsp3) is 0.538. The first kappa shape index (κ1) is 10.9. The number of benzene rings is 1. The first-order chi connectivity index (χ1) is 7.10. The molecule has 0 N–H and O–H groups in total. The maximum atomic E-state index is 6.02. The van der Waals surface area contributed by atoms with Crippen molar-refractivity contribution in [2.45, 2.75) is 38.3 Å². The van der Waals surface area contributed by atoms with Crippen LogP contribution in [-0.4, -0.2) is 16.8 Å². The van der Waals surface area contributed by atoms with E-state index in [1.165, 1.54) is 36.0 Å². The average Bonchev–Trinajstić information content (AvgIpc) is 2.17. The standard InChI is InChI=1S/C13H20OSi/c1-10-7-11(2)9-12(8-10)13(15)5-3-4-6-14-13/h7-9H,3-6H2,1-2,15H3. The van der Waals surface area contributed by atoms with E-state index in [0.29, 0.717) is 0 Å². The molecule has 0 saturated carbocycles. The molecule has 2 rings (SSSR count). The summed E-state index contributed by atoms with van der Waals surface area (Å²) in [4.78, 5) is 0. The van der Waals surface area contributed by atoms with Gasteiger partial charge in [-0.1, -0.05) is 29.3 Å². The molecule has 0 aromatic heterocycles. The van der Waals surface area contributed by atoms with Crippen molar-refractivity contribution in [2.75, 3.05) is 6.61 Å². The van der Waals surface area contributed by atoms with Gasteiger partial charge in [-0.2, -0.15) is 0 Å². The lowest BCUT2D eigenvalue weighted by atomic mass is 9.97. The summed E-state index contributed by atoms with van der Waals surface area (Å²) in [5.41, 5.74) is 4.12. The summed E-state index contributed by atoms with van der Waals surface area (Å²) in [5, 5.41) is 0.0923. The van der Waals surface area contributed by atoms with E-state index in [0.717, 1.165) is 16.8 Å². The third-order valence-electron chi connectivity index (χ3n) is 3.30. The van der Waals surface area contributed by atoms with Gasteiger partial charge in [-0.3, -0.25) is 0 Å². The Morgan fingerprint density at radius 2 is 1.80 bits per heavy atom. The van der Waals surface area contributed by atoms with Crippen LogP contribution in [0.3, 0.4) is 0 Å². The maximum absolute atomic E-state index is 6.02. The second-order valence-electron chi connectivity index (χ2n) is 4.91. The summed E-state index contributed by atoms with van der Waals surface area (Å²) in [6.45, 7) is 5.28. The van der Waals surface area contributed by atoms with E-state index in [-0.39, 0.29) is 5.22 Å². The molecule has 0 aliphatic carbocycles. The Morgan fingerprint density at radius 3 is 2.33 bits per heavy atom. The monoisotopic (exact) mass is 220 g/mol. The van der Waals surface area contributed by atoms with E-state index >= 15 is 0 Å². The summed E-state index contributed by atoms with van der Waals surface area (Å²) in [7, 11) is 1.09. The molecule has 1 heterocycles. The van der Waals surface area contributed by atoms with Crippen LogP contribution in [0.25, 0.3) is 0 Å². The second-order valence-corrected chi connectivity index (χ2v) is 6.53. The van der Waals surface area contributed by atoms with Crippen molar-refractivity contribution in [3.05, 3.63) is 34.9 Å². The highest BCUT2D eigenvalue weighted by Crippen LogP contribution is 2.32. The van der Waals surface area contributed by atoms with E-state index in [1.54, 1.807) is 0 Å². The molecule has 0 spiro atoms. The van der Waals surface area contributed by atoms with Crippen LogP contribution in [0.2, 0.25) is 0 Å². The molecular formula is C13H20OSi. The molecular weight excluding hydrogens is 200 g/mol. The van der Waals surface area contributed by atoms with Crippen molar-refractivity contribution in [1.82, 2.24) is 0 Å². The van der Waals surface area contributed by atoms with Crippen LogP contribution in [0.15, 0.2) is 18.2 Å². The lowest BCUT2D eigenvalue weighted by molar-refractivity contribution is -0.0210. The van der Waals surface area contributed by atoms with Crippen LogP contribution in [0.5, 0.6) is 0 Å². The van der Waals surface area contributed by atoms with Crippen molar-refractivity contribution >= 4 is 10.2 Å². The third kappa shape index (κ3) is 2.32. The van der Waals surface area contributed by atoms with Gasteiger partial charge in [0.15, 0.2) is 0 Å². The van der Waals surface area contributed by atoms with E-state index in [4.69, 9.17) is 4.74 Å². The van der Waals surface area contributed by atoms with Crippen molar-refractivity contribution in [2.24, 2.45) is 0 Å². The largest absolute Gasteiger partial charge is 0.375 e. The summed E-state index contributed by atoms with van der Waals surface area (Å²) in [6, 6.07) is 6.83. The molecule has 82 valence electrons. The van der Waals surface area contributed by atoms with Crippen molar-refractivity contribution < 1.29 is 4.74 Å². The van der Waals surface area contributed by atoms with Gasteiger partial charge in [0.1, 0.15) is 0 Å². The molecule has 1 saturated heterocycles. The second kappa shape index (κ2) is 4.10.